The van der Waals surface area contributed by atoms with Crippen molar-refractivity contribution < 1.29 is 9.21 Å². The summed E-state index contributed by atoms with van der Waals surface area (Å²) in [7, 11) is 0. The molecule has 1 amide bonds. The maximum absolute atomic E-state index is 13.1. The molecule has 0 radical (unpaired) electrons. The molecule has 1 fully saturated rings. The van der Waals surface area contributed by atoms with E-state index in [9.17, 15) is 4.79 Å². The van der Waals surface area contributed by atoms with Crippen LogP contribution in [-0.2, 0) is 0 Å². The molecule has 0 aromatic carbocycles. The maximum atomic E-state index is 13.1. The molecular weight excluding hydrogens is 306 g/mol. The minimum Gasteiger partial charge on any atom is -0.467 e. The third kappa shape index (κ3) is 2.36. The second-order valence-corrected chi connectivity index (χ2v) is 6.36. The van der Waals surface area contributed by atoms with Gasteiger partial charge in [-0.2, -0.15) is 10.1 Å². The van der Waals surface area contributed by atoms with E-state index >= 15 is 0 Å². The Morgan fingerprint density at radius 3 is 3.04 bits per heavy atom. The van der Waals surface area contributed by atoms with Gasteiger partial charge in [-0.15, -0.1) is 0 Å². The molecule has 0 bridgehead atoms. The number of likely N-dealkylation sites (tertiary alicyclic amines) is 1. The van der Waals surface area contributed by atoms with Crippen molar-refractivity contribution in [3.63, 3.8) is 0 Å². The lowest BCUT2D eigenvalue weighted by Crippen LogP contribution is -2.31. The highest BCUT2D eigenvalue weighted by molar-refractivity contribution is 5.93. The van der Waals surface area contributed by atoms with E-state index in [-0.39, 0.29) is 17.9 Å². The SMILES string of the molecule is CC(C)c1cc(C(=O)N2CCCC2c2ccco2)nc2ncnn12. The molecule has 4 heterocycles. The predicted molar refractivity (Wildman–Crippen MR) is 86.6 cm³/mol. The van der Waals surface area contributed by atoms with E-state index in [0.717, 1.165) is 24.3 Å². The molecule has 4 rings (SSSR count). The van der Waals surface area contributed by atoms with Crippen molar-refractivity contribution in [2.75, 3.05) is 6.54 Å². The number of hydrogen-bond acceptors (Lipinski definition) is 5. The van der Waals surface area contributed by atoms with Crippen LogP contribution in [-0.4, -0.2) is 36.9 Å². The average Bonchev–Trinajstić information content (AvgIpc) is 3.31. The number of carbonyl (C=O) groups excluding carboxylic acids is 1. The Balaban J connectivity index is 1.72. The Morgan fingerprint density at radius 1 is 1.42 bits per heavy atom. The van der Waals surface area contributed by atoms with Crippen molar-refractivity contribution in [3.8, 4) is 0 Å². The Hall–Kier alpha value is -2.70. The summed E-state index contributed by atoms with van der Waals surface area (Å²) >= 11 is 0. The number of amides is 1. The second kappa shape index (κ2) is 5.74. The number of furan rings is 1. The van der Waals surface area contributed by atoms with Gasteiger partial charge in [-0.05, 0) is 37.0 Å². The molecule has 0 saturated carbocycles. The molecule has 124 valence electrons. The molecule has 3 aromatic heterocycles. The van der Waals surface area contributed by atoms with E-state index in [1.54, 1.807) is 10.8 Å². The number of nitrogens with zero attached hydrogens (tertiary/aromatic N) is 5. The molecule has 3 aromatic rings. The smallest absolute Gasteiger partial charge is 0.273 e. The Morgan fingerprint density at radius 2 is 2.29 bits per heavy atom. The van der Waals surface area contributed by atoms with Gasteiger partial charge in [0.25, 0.3) is 11.7 Å². The summed E-state index contributed by atoms with van der Waals surface area (Å²) in [6.07, 6.45) is 4.97. The summed E-state index contributed by atoms with van der Waals surface area (Å²) in [6.45, 7) is 4.83. The van der Waals surface area contributed by atoms with Gasteiger partial charge in [-0.25, -0.2) is 9.50 Å². The first-order chi connectivity index (χ1) is 11.6. The molecule has 7 heteroatoms. The minimum absolute atomic E-state index is 0.0223. The minimum atomic E-state index is -0.0821. The van der Waals surface area contributed by atoms with E-state index in [2.05, 4.69) is 28.9 Å². The highest BCUT2D eigenvalue weighted by Gasteiger charge is 2.33. The van der Waals surface area contributed by atoms with Gasteiger partial charge in [0.15, 0.2) is 0 Å². The molecule has 7 nitrogen and oxygen atoms in total. The molecule has 1 saturated heterocycles. The molecule has 1 atom stereocenters. The van der Waals surface area contributed by atoms with Crippen molar-refractivity contribution in [1.82, 2.24) is 24.5 Å². The molecule has 24 heavy (non-hydrogen) atoms. The van der Waals surface area contributed by atoms with Gasteiger partial charge < -0.3 is 9.32 Å². The van der Waals surface area contributed by atoms with Gasteiger partial charge in [0.05, 0.1) is 18.0 Å². The van der Waals surface area contributed by atoms with Crippen molar-refractivity contribution in [2.24, 2.45) is 0 Å². The van der Waals surface area contributed by atoms with E-state index in [4.69, 9.17) is 4.42 Å². The molecule has 0 aliphatic carbocycles. The first-order valence-electron chi connectivity index (χ1n) is 8.20. The van der Waals surface area contributed by atoms with E-state index < -0.39 is 0 Å². The van der Waals surface area contributed by atoms with E-state index in [1.807, 2.05) is 23.1 Å². The van der Waals surface area contributed by atoms with Crippen LogP contribution in [0.15, 0.2) is 35.2 Å². The fourth-order valence-electron chi connectivity index (χ4n) is 3.29. The third-order valence-corrected chi connectivity index (χ3v) is 4.48. The standard InChI is InChI=1S/C17H19N5O2/c1-11(2)14-9-12(20-17-18-10-19-22(14)17)16(23)21-7-3-5-13(21)15-6-4-8-24-15/h4,6,8-11,13H,3,5,7H2,1-2H3. The Labute approximate surface area is 139 Å². The molecule has 0 N–H and O–H groups in total. The van der Waals surface area contributed by atoms with Crippen molar-refractivity contribution in [1.29, 1.82) is 0 Å². The molecule has 1 unspecified atom stereocenters. The van der Waals surface area contributed by atoms with Crippen LogP contribution in [0.1, 0.15) is 60.6 Å². The Bertz CT molecular complexity index is 868. The molecule has 0 spiro atoms. The molecule has 1 aliphatic heterocycles. The second-order valence-electron chi connectivity index (χ2n) is 6.36. The number of fused-ring (bicyclic) bond motifs is 1. The zero-order chi connectivity index (χ0) is 16.7. The normalized spacial score (nSPS) is 18.0. The highest BCUT2D eigenvalue weighted by atomic mass is 16.3. The fraction of sp³-hybridized carbons (Fsp3) is 0.412. The number of rotatable bonds is 3. The summed E-state index contributed by atoms with van der Waals surface area (Å²) in [5, 5.41) is 4.20. The number of carbonyl (C=O) groups is 1. The van der Waals surface area contributed by atoms with Crippen molar-refractivity contribution in [3.05, 3.63) is 47.9 Å². The zero-order valence-corrected chi connectivity index (χ0v) is 13.7. The van der Waals surface area contributed by atoms with E-state index in [1.165, 1.54) is 6.33 Å². The monoisotopic (exact) mass is 325 g/mol. The van der Waals surface area contributed by atoms with Gasteiger partial charge in [0, 0.05) is 6.54 Å². The van der Waals surface area contributed by atoms with Crippen LogP contribution in [0, 0.1) is 0 Å². The van der Waals surface area contributed by atoms with Gasteiger partial charge in [0.1, 0.15) is 17.8 Å². The van der Waals surface area contributed by atoms with Crippen LogP contribution < -0.4 is 0 Å². The molecular formula is C17H19N5O2. The quantitative estimate of drug-likeness (QED) is 0.740. The van der Waals surface area contributed by atoms with Crippen LogP contribution in [0.25, 0.3) is 5.78 Å². The van der Waals surface area contributed by atoms with Gasteiger partial charge in [-0.1, -0.05) is 13.8 Å². The molecule has 1 aliphatic rings. The van der Waals surface area contributed by atoms with Crippen LogP contribution in [0.2, 0.25) is 0 Å². The first kappa shape index (κ1) is 14.9. The lowest BCUT2D eigenvalue weighted by molar-refractivity contribution is 0.0714. The lowest BCUT2D eigenvalue weighted by Gasteiger charge is -2.23. The first-order valence-corrected chi connectivity index (χ1v) is 8.20. The fourth-order valence-corrected chi connectivity index (χ4v) is 3.29. The average molecular weight is 325 g/mol. The Kier molecular flexibility index (Phi) is 3.55. The highest BCUT2D eigenvalue weighted by Crippen LogP contribution is 2.33. The largest absolute Gasteiger partial charge is 0.467 e. The summed E-state index contributed by atoms with van der Waals surface area (Å²) in [4.78, 5) is 23.5. The zero-order valence-electron chi connectivity index (χ0n) is 13.7. The van der Waals surface area contributed by atoms with Gasteiger partial charge >= 0.3 is 0 Å². The van der Waals surface area contributed by atoms with E-state index in [0.29, 0.717) is 18.0 Å². The van der Waals surface area contributed by atoms with Gasteiger partial charge in [-0.3, -0.25) is 4.79 Å². The third-order valence-electron chi connectivity index (χ3n) is 4.48. The predicted octanol–water partition coefficient (Wildman–Crippen LogP) is 2.82. The topological polar surface area (TPSA) is 76.5 Å². The summed E-state index contributed by atoms with van der Waals surface area (Å²) < 4.78 is 7.20. The lowest BCUT2D eigenvalue weighted by atomic mass is 10.1. The summed E-state index contributed by atoms with van der Waals surface area (Å²) in [6, 6.07) is 5.58. The van der Waals surface area contributed by atoms with Gasteiger partial charge in [0.2, 0.25) is 0 Å². The van der Waals surface area contributed by atoms with Crippen LogP contribution >= 0.6 is 0 Å². The van der Waals surface area contributed by atoms with Crippen LogP contribution in [0.3, 0.4) is 0 Å². The van der Waals surface area contributed by atoms with Crippen LogP contribution in [0.4, 0.5) is 0 Å². The summed E-state index contributed by atoms with van der Waals surface area (Å²) in [5.74, 6) is 1.41. The number of hydrogen-bond donors (Lipinski definition) is 0. The maximum Gasteiger partial charge on any atom is 0.273 e. The number of aromatic nitrogens is 4. The van der Waals surface area contributed by atoms with Crippen LogP contribution in [0.5, 0.6) is 0 Å². The van der Waals surface area contributed by atoms with Crippen molar-refractivity contribution >= 4 is 11.7 Å². The summed E-state index contributed by atoms with van der Waals surface area (Å²) in [5.41, 5.74) is 1.34. The van der Waals surface area contributed by atoms with Crippen molar-refractivity contribution in [2.45, 2.75) is 38.6 Å².